The van der Waals surface area contributed by atoms with Crippen molar-refractivity contribution in [2.45, 2.75) is 64.2 Å². The SMILES string of the molecule is CC1CN(CCCN(c2ccc(C(=O)OC(CC3=C(Cl)C[N+](=O)C=C3Cl)c3ccc(OC(F)F)c(OCC4CC4)c3)cc2OCC2CC2)S(C)(=O)=O)CCN1. The van der Waals surface area contributed by atoms with E-state index in [4.69, 9.17) is 42.1 Å². The Kier molecular flexibility index (Phi) is 13.6. The third-order valence-corrected chi connectivity index (χ3v) is 11.7. The van der Waals surface area contributed by atoms with Gasteiger partial charge in [0.25, 0.3) is 0 Å². The number of nitrogens with one attached hydrogen (secondary N) is 1. The van der Waals surface area contributed by atoms with Gasteiger partial charge in [0.15, 0.2) is 11.5 Å². The van der Waals surface area contributed by atoms with Gasteiger partial charge < -0.3 is 29.2 Å². The summed E-state index contributed by atoms with van der Waals surface area (Å²) in [4.78, 5) is 28.4. The van der Waals surface area contributed by atoms with E-state index in [0.717, 1.165) is 58.1 Å². The van der Waals surface area contributed by atoms with E-state index in [0.29, 0.717) is 59.1 Å². The number of ether oxygens (including phenoxy) is 4. The van der Waals surface area contributed by atoms with Gasteiger partial charge in [-0.15, -0.1) is 0 Å². The number of anilines is 1. The minimum absolute atomic E-state index is 0.0503. The lowest BCUT2D eigenvalue weighted by molar-refractivity contribution is -0.470. The van der Waals surface area contributed by atoms with Gasteiger partial charge in [0, 0.05) is 53.9 Å². The highest BCUT2D eigenvalue weighted by molar-refractivity contribution is 7.92. The Balaban J connectivity index is 1.28. The summed E-state index contributed by atoms with van der Waals surface area (Å²) >= 11 is 12.9. The van der Waals surface area contributed by atoms with Gasteiger partial charge in [-0.2, -0.15) is 8.78 Å². The van der Waals surface area contributed by atoms with Crippen molar-refractivity contribution in [1.82, 2.24) is 10.2 Å². The van der Waals surface area contributed by atoms with E-state index in [-0.39, 0.29) is 52.4 Å². The van der Waals surface area contributed by atoms with Gasteiger partial charge in [0.1, 0.15) is 16.9 Å². The molecule has 0 radical (unpaired) electrons. The van der Waals surface area contributed by atoms with E-state index in [1.165, 1.54) is 40.8 Å². The van der Waals surface area contributed by atoms with Crippen LogP contribution in [0, 0.1) is 16.7 Å². The minimum Gasteiger partial charge on any atom is -0.491 e. The quantitative estimate of drug-likeness (QED) is 0.117. The van der Waals surface area contributed by atoms with E-state index in [9.17, 15) is 26.9 Å². The fourth-order valence-electron chi connectivity index (χ4n) is 6.53. The summed E-state index contributed by atoms with van der Waals surface area (Å²) in [6.45, 7) is 3.06. The van der Waals surface area contributed by atoms with Crippen LogP contribution in [0.3, 0.4) is 0 Å². The van der Waals surface area contributed by atoms with Gasteiger partial charge in [0.05, 0.1) is 35.8 Å². The molecule has 300 valence electrons. The lowest BCUT2D eigenvalue weighted by atomic mass is 9.99. The Morgan fingerprint density at radius 1 is 1.04 bits per heavy atom. The predicted molar refractivity (Wildman–Crippen MR) is 205 cm³/mol. The van der Waals surface area contributed by atoms with E-state index in [1.54, 1.807) is 6.07 Å². The van der Waals surface area contributed by atoms with Crippen molar-refractivity contribution in [2.75, 3.05) is 63.0 Å². The highest BCUT2D eigenvalue weighted by Gasteiger charge is 2.32. The van der Waals surface area contributed by atoms with Crippen molar-refractivity contribution < 1.29 is 45.7 Å². The maximum absolute atomic E-state index is 14.0. The molecule has 0 bridgehead atoms. The number of alkyl halides is 2. The zero-order chi connectivity index (χ0) is 39.3. The molecule has 0 spiro atoms. The molecule has 55 heavy (non-hydrogen) atoms. The fourth-order valence-corrected chi connectivity index (χ4v) is 8.14. The van der Waals surface area contributed by atoms with Crippen molar-refractivity contribution in [3.8, 4) is 17.2 Å². The second-order valence-corrected chi connectivity index (χ2v) is 17.4. The first kappa shape index (κ1) is 41.1. The standard InChI is InChI=1S/C38H47Cl2F2N4O8S/c1-24-19-44(15-12-43-24)13-3-14-46(55(2,49)50)32-10-8-28(17-35(32)51-22-25-4-5-25)37(47)53-34(18-29-30(39)20-45(48)21-31(29)40)27-9-11-33(54-38(41)42)36(16-27)52-23-26-6-7-26/h8-11,16-17,20,24-26,34,38,43H,3-7,12-15,18-19,21-23H2,1-2H3/q+1. The number of hydrogen-bond donors (Lipinski definition) is 1. The summed E-state index contributed by atoms with van der Waals surface area (Å²) in [5.74, 6) is -0.0461. The van der Waals surface area contributed by atoms with E-state index < -0.39 is 28.7 Å². The molecule has 4 aliphatic rings. The molecule has 6 rings (SSSR count). The van der Waals surface area contributed by atoms with Crippen LogP contribution in [0.5, 0.6) is 17.2 Å². The van der Waals surface area contributed by atoms with Crippen molar-refractivity contribution in [1.29, 1.82) is 0 Å². The van der Waals surface area contributed by atoms with Crippen LogP contribution in [0.2, 0.25) is 0 Å². The first-order valence-corrected chi connectivity index (χ1v) is 21.2. The van der Waals surface area contributed by atoms with Crippen LogP contribution < -0.4 is 23.8 Å². The number of allylic oxidation sites excluding steroid dienone is 1. The van der Waals surface area contributed by atoms with Gasteiger partial charge in [-0.05, 0) is 93.3 Å². The monoisotopic (exact) mass is 827 g/mol. The van der Waals surface area contributed by atoms with Crippen molar-refractivity contribution in [3.05, 3.63) is 74.3 Å². The number of rotatable bonds is 19. The second kappa shape index (κ2) is 18.2. The highest BCUT2D eigenvalue weighted by atomic mass is 35.5. The first-order valence-electron chi connectivity index (χ1n) is 18.5. The number of benzene rings is 2. The number of hydrogen-bond acceptors (Lipinski definition) is 10. The molecule has 2 heterocycles. The number of nitrogens with zero attached hydrogens (tertiary/aromatic N) is 3. The molecule has 0 aromatic heterocycles. The largest absolute Gasteiger partial charge is 0.491 e. The zero-order valence-corrected chi connectivity index (χ0v) is 33.2. The highest BCUT2D eigenvalue weighted by Crippen LogP contribution is 2.41. The number of nitroso groups, excluding NO2 is 1. The molecule has 2 atom stereocenters. The smallest absolute Gasteiger partial charge is 0.387 e. The van der Waals surface area contributed by atoms with Crippen LogP contribution in [0.1, 0.15) is 67.5 Å². The average Bonchev–Trinajstić information content (AvgIpc) is 4.05. The summed E-state index contributed by atoms with van der Waals surface area (Å²) in [5, 5.41) is 3.62. The molecule has 2 saturated carbocycles. The molecule has 2 aliphatic heterocycles. The van der Waals surface area contributed by atoms with Crippen molar-refractivity contribution in [2.24, 2.45) is 11.8 Å². The van der Waals surface area contributed by atoms with Gasteiger partial charge >= 0.3 is 12.6 Å². The lowest BCUT2D eigenvalue weighted by Gasteiger charge is -2.32. The number of piperazine rings is 1. The number of esters is 1. The van der Waals surface area contributed by atoms with Crippen molar-refractivity contribution in [3.63, 3.8) is 0 Å². The Hall–Kier alpha value is -3.50. The molecule has 2 unspecified atom stereocenters. The lowest BCUT2D eigenvalue weighted by Crippen LogP contribution is -2.49. The van der Waals surface area contributed by atoms with Gasteiger partial charge in [-0.1, -0.05) is 29.3 Å². The Morgan fingerprint density at radius 2 is 1.75 bits per heavy atom. The fraction of sp³-hybridized carbons (Fsp3) is 0.553. The van der Waals surface area contributed by atoms with E-state index in [1.807, 2.05) is 0 Å². The van der Waals surface area contributed by atoms with Crippen LogP contribution in [0.25, 0.3) is 0 Å². The summed E-state index contributed by atoms with van der Waals surface area (Å²) < 4.78 is 77.8. The summed E-state index contributed by atoms with van der Waals surface area (Å²) in [6, 6.07) is 9.13. The number of carbonyl (C=O) groups excluding carboxylic acids is 1. The van der Waals surface area contributed by atoms with Gasteiger partial charge in [-0.25, -0.2) is 13.2 Å². The molecular formula is C38H47Cl2F2N4O8S+. The Morgan fingerprint density at radius 3 is 2.38 bits per heavy atom. The summed E-state index contributed by atoms with van der Waals surface area (Å²) in [5.41, 5.74) is 1.14. The number of carbonyl (C=O) groups is 1. The van der Waals surface area contributed by atoms with Gasteiger partial charge in [0.2, 0.25) is 22.8 Å². The third-order valence-electron chi connectivity index (χ3n) is 9.86. The van der Waals surface area contributed by atoms with E-state index in [2.05, 4.69) is 17.1 Å². The first-order chi connectivity index (χ1) is 26.2. The minimum atomic E-state index is -3.74. The van der Waals surface area contributed by atoms with Crippen molar-refractivity contribution >= 4 is 44.9 Å². The third kappa shape index (κ3) is 11.8. The molecule has 1 N–H and O–H groups in total. The maximum atomic E-state index is 14.0. The number of sulfonamides is 1. The molecule has 12 nitrogen and oxygen atoms in total. The molecule has 1 saturated heterocycles. The topological polar surface area (TPSA) is 127 Å². The normalized spacial score (nSPS) is 19.9. The molecule has 2 aromatic carbocycles. The van der Waals surface area contributed by atoms with Crippen LogP contribution in [-0.2, 0) is 14.8 Å². The average molecular weight is 829 g/mol. The molecule has 17 heteroatoms. The van der Waals surface area contributed by atoms with Gasteiger partial charge in [-0.3, -0.25) is 4.31 Å². The second-order valence-electron chi connectivity index (χ2n) is 14.7. The summed E-state index contributed by atoms with van der Waals surface area (Å²) in [7, 11) is -3.74. The van der Waals surface area contributed by atoms with E-state index >= 15 is 0 Å². The molecule has 2 aromatic rings. The number of halogens is 4. The molecule has 0 amide bonds. The molecule has 2 aliphatic carbocycles. The van der Waals surface area contributed by atoms with Crippen LogP contribution in [-0.4, -0.2) is 95.4 Å². The Bertz CT molecular complexity index is 1910. The molecular weight excluding hydrogens is 781 g/mol. The molecule has 3 fully saturated rings. The van der Waals surface area contributed by atoms with Crippen LogP contribution in [0.4, 0.5) is 14.5 Å². The maximum Gasteiger partial charge on any atom is 0.387 e. The van der Waals surface area contributed by atoms with Crippen LogP contribution >= 0.6 is 23.2 Å². The summed E-state index contributed by atoms with van der Waals surface area (Å²) in [6.07, 6.45) is 5.65. The Labute approximate surface area is 330 Å². The zero-order valence-electron chi connectivity index (χ0n) is 30.9. The van der Waals surface area contributed by atoms with Crippen LogP contribution in [0.15, 0.2) is 58.2 Å². The predicted octanol–water partition coefficient (Wildman–Crippen LogP) is 6.97.